The quantitative estimate of drug-likeness (QED) is 0.161. The van der Waals surface area contributed by atoms with Crippen molar-refractivity contribution in [3.05, 3.63) is 172 Å². The van der Waals surface area contributed by atoms with Crippen molar-refractivity contribution in [1.29, 1.82) is 0 Å². The Labute approximate surface area is 348 Å². The first-order chi connectivity index (χ1) is 25.0. The molecule has 1 atom stereocenters. The van der Waals surface area contributed by atoms with Gasteiger partial charge in [-0.15, -0.1) is 52.2 Å². The van der Waals surface area contributed by atoms with Gasteiger partial charge < -0.3 is 15.2 Å². The van der Waals surface area contributed by atoms with E-state index in [1.54, 1.807) is 0 Å². The van der Waals surface area contributed by atoms with Crippen LogP contribution in [0.3, 0.4) is 0 Å². The molecule has 0 bridgehead atoms. The van der Waals surface area contributed by atoms with E-state index >= 15 is 0 Å². The third-order valence-electron chi connectivity index (χ3n) is 11.0. The summed E-state index contributed by atoms with van der Waals surface area (Å²) < 4.78 is 0. The largest absolute Gasteiger partial charge is 0.665 e. The molecule has 276 valence electrons. The van der Waals surface area contributed by atoms with Crippen LogP contribution < -0.4 is 0 Å². The number of rotatable bonds is 5. The molecular formula is C49H44Ir2N3-3. The summed E-state index contributed by atoms with van der Waals surface area (Å²) in [6.45, 7) is 17.9. The normalized spacial score (nSPS) is 14.3. The second-order valence-corrected chi connectivity index (χ2v) is 15.3. The van der Waals surface area contributed by atoms with Gasteiger partial charge in [0, 0.05) is 46.4 Å². The first-order valence-electron chi connectivity index (χ1n) is 18.2. The zero-order chi connectivity index (χ0) is 36.3. The number of pyridine rings is 1. The molecule has 0 fully saturated rings. The zero-order valence-electron chi connectivity index (χ0n) is 32.1. The molecular weight excluding hydrogens is 1010 g/mol. The van der Waals surface area contributed by atoms with Gasteiger partial charge in [0.2, 0.25) is 0 Å². The van der Waals surface area contributed by atoms with Crippen LogP contribution in [0, 0.1) is 39.8 Å². The van der Waals surface area contributed by atoms with E-state index in [1.807, 2.05) is 6.20 Å². The molecule has 2 aliphatic rings. The smallest absolute Gasteiger partial charge is 0.0163 e. The van der Waals surface area contributed by atoms with E-state index in [0.29, 0.717) is 0 Å². The van der Waals surface area contributed by atoms with Crippen molar-refractivity contribution in [2.24, 2.45) is 0 Å². The molecule has 5 aromatic carbocycles. The molecule has 3 nitrogen and oxygen atoms in total. The maximum Gasteiger partial charge on any atom is 0.0163 e. The third-order valence-corrected chi connectivity index (χ3v) is 11.0. The Morgan fingerprint density at radius 2 is 1.24 bits per heavy atom. The number of allylic oxidation sites excluding steroid dienone is 1. The molecule has 2 radical (unpaired) electrons. The van der Waals surface area contributed by atoms with Gasteiger partial charge in [-0.3, -0.25) is 0 Å². The average molecular weight is 1060 g/mol. The Hall–Kier alpha value is -4.37. The van der Waals surface area contributed by atoms with Crippen LogP contribution in [0.25, 0.3) is 67.2 Å². The van der Waals surface area contributed by atoms with Gasteiger partial charge in [-0.25, -0.2) is 0 Å². The Morgan fingerprint density at radius 1 is 0.667 bits per heavy atom. The van der Waals surface area contributed by atoms with E-state index < -0.39 is 0 Å². The van der Waals surface area contributed by atoms with Crippen LogP contribution in [0.2, 0.25) is 0 Å². The van der Waals surface area contributed by atoms with Crippen LogP contribution in [-0.2, 0) is 45.6 Å². The second-order valence-electron chi connectivity index (χ2n) is 15.3. The molecule has 0 saturated carbocycles. The van der Waals surface area contributed by atoms with Gasteiger partial charge in [0.15, 0.2) is 0 Å². The summed E-state index contributed by atoms with van der Waals surface area (Å²) in [5, 5.41) is 4.85. The Bertz CT molecular complexity index is 2400. The molecule has 0 aliphatic carbocycles. The molecule has 1 aromatic heterocycles. The first-order valence-corrected chi connectivity index (χ1v) is 18.2. The summed E-state index contributed by atoms with van der Waals surface area (Å²) >= 11 is 0. The fraction of sp³-hybridized carbons (Fsp3) is 0.204. The molecule has 0 N–H and O–H groups in total. The summed E-state index contributed by atoms with van der Waals surface area (Å²) in [4.78, 5) is 6.85. The number of nitrogens with zero attached hydrogens (tertiary/aromatic N) is 3. The van der Waals surface area contributed by atoms with Crippen molar-refractivity contribution in [2.75, 3.05) is 0 Å². The Balaban J connectivity index is 0.00000249. The van der Waals surface area contributed by atoms with Crippen molar-refractivity contribution >= 4 is 6.08 Å². The Kier molecular flexibility index (Phi) is 11.2. The van der Waals surface area contributed by atoms with Crippen molar-refractivity contribution < 1.29 is 40.2 Å². The fourth-order valence-electron chi connectivity index (χ4n) is 7.95. The summed E-state index contributed by atoms with van der Waals surface area (Å²) in [5.74, 6) is 0. The van der Waals surface area contributed by atoms with E-state index in [1.165, 1.54) is 72.3 Å². The van der Waals surface area contributed by atoms with E-state index in [0.717, 1.165) is 28.1 Å². The maximum atomic E-state index is 4.85. The molecule has 8 rings (SSSR count). The molecule has 0 spiro atoms. The van der Waals surface area contributed by atoms with Gasteiger partial charge in [0.1, 0.15) is 0 Å². The van der Waals surface area contributed by atoms with E-state index in [2.05, 4.69) is 187 Å². The van der Waals surface area contributed by atoms with Crippen LogP contribution in [0.1, 0.15) is 72.8 Å². The van der Waals surface area contributed by atoms with Crippen LogP contribution >= 0.6 is 0 Å². The fourth-order valence-corrected chi connectivity index (χ4v) is 7.95. The minimum Gasteiger partial charge on any atom is -0.665 e. The van der Waals surface area contributed by atoms with Gasteiger partial charge in [0.25, 0.3) is 0 Å². The summed E-state index contributed by atoms with van der Waals surface area (Å²) in [6.07, 6.45) is 8.30. The summed E-state index contributed by atoms with van der Waals surface area (Å²) in [7, 11) is 0. The van der Waals surface area contributed by atoms with Gasteiger partial charge in [-0.05, 0) is 114 Å². The number of hydrogen-bond donors (Lipinski definition) is 0. The molecule has 5 heteroatoms. The van der Waals surface area contributed by atoms with Gasteiger partial charge in [0.05, 0.1) is 0 Å². The molecule has 0 amide bonds. The monoisotopic (exact) mass is 1060 g/mol. The van der Waals surface area contributed by atoms with Crippen molar-refractivity contribution in [1.82, 2.24) is 9.88 Å². The SMILES string of the molecule is CC1=CN2C=Cc3cc(-c4ccccc4-c4c(C)c(C)c(-c5ccccc5-c5c[c-]c(-c6cc(C(C)(C)C)ccn6)cc5)c(C)c4C)c[c-]c3C2[N-]1.[Ir].[Ir]. The minimum atomic E-state index is -0.0205. The third kappa shape index (κ3) is 7.00. The molecule has 2 aliphatic heterocycles. The summed E-state index contributed by atoms with van der Waals surface area (Å²) in [5.41, 5.74) is 21.7. The van der Waals surface area contributed by atoms with Crippen LogP contribution in [0.15, 0.2) is 115 Å². The molecule has 1 unspecified atom stereocenters. The number of hydrogen-bond acceptors (Lipinski definition) is 2. The first kappa shape index (κ1) is 39.3. The molecule has 54 heavy (non-hydrogen) atoms. The number of fused-ring (bicyclic) bond motifs is 3. The predicted octanol–water partition coefficient (Wildman–Crippen LogP) is 13.1. The second kappa shape index (κ2) is 15.4. The van der Waals surface area contributed by atoms with Crippen molar-refractivity contribution in [3.8, 4) is 55.8 Å². The molecule has 6 aromatic rings. The Morgan fingerprint density at radius 3 is 1.81 bits per heavy atom. The molecule has 0 saturated heterocycles. The van der Waals surface area contributed by atoms with E-state index in [4.69, 9.17) is 5.32 Å². The number of benzene rings is 5. The van der Waals surface area contributed by atoms with Gasteiger partial charge in [-0.1, -0.05) is 105 Å². The van der Waals surface area contributed by atoms with Crippen LogP contribution in [0.5, 0.6) is 0 Å². The minimum absolute atomic E-state index is 0. The van der Waals surface area contributed by atoms with Crippen molar-refractivity contribution in [2.45, 2.75) is 67.0 Å². The summed E-state index contributed by atoms with van der Waals surface area (Å²) in [6, 6.07) is 40.0. The zero-order valence-corrected chi connectivity index (χ0v) is 36.8. The van der Waals surface area contributed by atoms with Crippen LogP contribution in [-0.4, -0.2) is 9.88 Å². The van der Waals surface area contributed by atoms with E-state index in [9.17, 15) is 0 Å². The van der Waals surface area contributed by atoms with Gasteiger partial charge in [-0.2, -0.15) is 18.2 Å². The topological polar surface area (TPSA) is 30.2 Å². The van der Waals surface area contributed by atoms with Crippen LogP contribution in [0.4, 0.5) is 0 Å². The van der Waals surface area contributed by atoms with Gasteiger partial charge >= 0.3 is 0 Å². The predicted molar refractivity (Wildman–Crippen MR) is 217 cm³/mol. The van der Waals surface area contributed by atoms with E-state index in [-0.39, 0.29) is 51.8 Å². The number of aromatic nitrogens is 1. The standard InChI is InChI=1S/C49H44N3.2Ir/c1-30-29-52-26-24-38-27-37(21-22-42(38)48(52)51-30)41-14-10-12-16-44(41)47-33(4)31(2)46(32(3)34(47)5)43-15-11-9-13-40(43)35-17-19-36(20-18-35)45-28-39(23-25-50-45)49(6,7)8;;/h9-19,21,23-29,48H,1-8H3;;/q-3;;. The maximum absolute atomic E-state index is 4.85. The van der Waals surface area contributed by atoms with Crippen molar-refractivity contribution in [3.63, 3.8) is 0 Å². The average Bonchev–Trinajstić information content (AvgIpc) is 3.55. The molecule has 3 heterocycles.